The Kier molecular flexibility index (Phi) is 6.28. The molecular formula is C17H21N3O2S2. The summed E-state index contributed by atoms with van der Waals surface area (Å²) in [6.07, 6.45) is 4.26. The molecule has 0 saturated carbocycles. The number of carbonyl (C=O) groups excluding carboxylic acids is 1. The van der Waals surface area contributed by atoms with Gasteiger partial charge in [0.25, 0.3) is 0 Å². The minimum absolute atomic E-state index is 0.0290. The van der Waals surface area contributed by atoms with E-state index in [2.05, 4.69) is 15.6 Å². The molecule has 7 heteroatoms. The zero-order chi connectivity index (χ0) is 17.7. The third-order valence-corrected chi connectivity index (χ3v) is 5.02. The maximum absolute atomic E-state index is 12.1. The summed E-state index contributed by atoms with van der Waals surface area (Å²) in [5, 5.41) is 7.55. The molecule has 0 aliphatic rings. The molecule has 2 N–H and O–H groups in total. The van der Waals surface area contributed by atoms with E-state index in [0.29, 0.717) is 10.7 Å². The van der Waals surface area contributed by atoms with Gasteiger partial charge in [-0.15, -0.1) is 11.3 Å². The summed E-state index contributed by atoms with van der Waals surface area (Å²) < 4.78 is 4.92. The van der Waals surface area contributed by atoms with Gasteiger partial charge in [0.05, 0.1) is 18.7 Å². The van der Waals surface area contributed by atoms with E-state index in [1.165, 1.54) is 18.4 Å². The molecule has 2 aromatic rings. The first-order valence-electron chi connectivity index (χ1n) is 7.65. The van der Waals surface area contributed by atoms with E-state index in [4.69, 9.17) is 17.0 Å². The highest BCUT2D eigenvalue weighted by Crippen LogP contribution is 2.34. The van der Waals surface area contributed by atoms with Gasteiger partial charge in [0.15, 0.2) is 5.11 Å². The first-order chi connectivity index (χ1) is 11.5. The first-order valence-corrected chi connectivity index (χ1v) is 8.88. The molecule has 0 bridgehead atoms. The van der Waals surface area contributed by atoms with Crippen LogP contribution in [0.2, 0.25) is 0 Å². The second kappa shape index (κ2) is 8.21. The lowest BCUT2D eigenvalue weighted by Gasteiger charge is -2.17. The third kappa shape index (κ3) is 4.10. The van der Waals surface area contributed by atoms with E-state index in [1.807, 2.05) is 32.9 Å². The molecule has 5 nitrogen and oxygen atoms in total. The van der Waals surface area contributed by atoms with Crippen LogP contribution in [0.1, 0.15) is 46.3 Å². The molecule has 0 aliphatic carbocycles. The summed E-state index contributed by atoms with van der Waals surface area (Å²) in [6.45, 7) is 6.03. The number of pyridine rings is 1. The van der Waals surface area contributed by atoms with E-state index in [9.17, 15) is 4.79 Å². The summed E-state index contributed by atoms with van der Waals surface area (Å²) in [6, 6.07) is 3.90. The van der Waals surface area contributed by atoms with Crippen LogP contribution in [0.5, 0.6) is 0 Å². The summed E-state index contributed by atoms with van der Waals surface area (Å²) in [4.78, 5) is 17.2. The molecule has 2 heterocycles. The van der Waals surface area contributed by atoms with E-state index in [0.717, 1.165) is 27.4 Å². The van der Waals surface area contributed by atoms with Crippen molar-refractivity contribution in [3.63, 3.8) is 0 Å². The molecule has 0 spiro atoms. The topological polar surface area (TPSA) is 63.2 Å². The molecule has 128 valence electrons. The highest BCUT2D eigenvalue weighted by molar-refractivity contribution is 7.80. The van der Waals surface area contributed by atoms with Crippen LogP contribution in [0, 0.1) is 6.92 Å². The third-order valence-electron chi connectivity index (χ3n) is 3.73. The number of methoxy groups -OCH3 is 1. The van der Waals surface area contributed by atoms with Crippen molar-refractivity contribution < 1.29 is 9.53 Å². The summed E-state index contributed by atoms with van der Waals surface area (Å²) in [5.74, 6) is -0.344. The van der Waals surface area contributed by atoms with Crippen molar-refractivity contribution >= 4 is 39.6 Å². The molecule has 24 heavy (non-hydrogen) atoms. The predicted octanol–water partition coefficient (Wildman–Crippen LogP) is 3.85. The summed E-state index contributed by atoms with van der Waals surface area (Å²) in [5.41, 5.74) is 2.65. The van der Waals surface area contributed by atoms with Gasteiger partial charge in [-0.3, -0.25) is 4.98 Å². The first kappa shape index (κ1) is 18.4. The number of hydrogen-bond acceptors (Lipinski definition) is 5. The molecule has 0 amide bonds. The fourth-order valence-electron chi connectivity index (χ4n) is 2.48. The predicted molar refractivity (Wildman–Crippen MR) is 102 cm³/mol. The SMILES string of the molecule is CCc1c(C)sc(NC(=S)NC(C)c2ccncc2)c1C(=O)OC. The monoisotopic (exact) mass is 363 g/mol. The van der Waals surface area contributed by atoms with Gasteiger partial charge in [-0.1, -0.05) is 6.92 Å². The van der Waals surface area contributed by atoms with Crippen LogP contribution in [0.4, 0.5) is 5.00 Å². The number of nitrogens with one attached hydrogen (secondary N) is 2. The van der Waals surface area contributed by atoms with Crippen LogP contribution in [0.25, 0.3) is 0 Å². The van der Waals surface area contributed by atoms with Crippen molar-refractivity contribution in [2.45, 2.75) is 33.2 Å². The average molecular weight is 364 g/mol. The molecule has 2 rings (SSSR count). The van der Waals surface area contributed by atoms with Crippen LogP contribution in [0.15, 0.2) is 24.5 Å². The quantitative estimate of drug-likeness (QED) is 0.621. The van der Waals surface area contributed by atoms with Crippen LogP contribution < -0.4 is 10.6 Å². The maximum Gasteiger partial charge on any atom is 0.341 e. The molecule has 1 atom stereocenters. The van der Waals surface area contributed by atoms with Gasteiger partial charge in [0, 0.05) is 17.3 Å². The number of nitrogens with zero attached hydrogens (tertiary/aromatic N) is 1. The minimum Gasteiger partial charge on any atom is -0.465 e. The average Bonchev–Trinajstić information content (AvgIpc) is 2.89. The van der Waals surface area contributed by atoms with Gasteiger partial charge in [-0.2, -0.15) is 0 Å². The Bertz CT molecular complexity index is 729. The van der Waals surface area contributed by atoms with E-state index >= 15 is 0 Å². The molecule has 0 saturated heterocycles. The number of carbonyl (C=O) groups is 1. The van der Waals surface area contributed by atoms with Crippen molar-refractivity contribution in [1.29, 1.82) is 0 Å². The number of aromatic nitrogens is 1. The van der Waals surface area contributed by atoms with Gasteiger partial charge in [-0.25, -0.2) is 4.79 Å². The van der Waals surface area contributed by atoms with Gasteiger partial charge in [0.1, 0.15) is 5.00 Å². The Morgan fingerprint density at radius 3 is 2.67 bits per heavy atom. The van der Waals surface area contributed by atoms with E-state index < -0.39 is 0 Å². The highest BCUT2D eigenvalue weighted by atomic mass is 32.1. The Morgan fingerprint density at radius 2 is 2.08 bits per heavy atom. The molecule has 0 aliphatic heterocycles. The molecule has 0 aromatic carbocycles. The van der Waals surface area contributed by atoms with Gasteiger partial charge in [-0.05, 0) is 55.7 Å². The van der Waals surface area contributed by atoms with Gasteiger partial charge >= 0.3 is 5.97 Å². The van der Waals surface area contributed by atoms with Crippen LogP contribution in [-0.2, 0) is 11.2 Å². The Hall–Kier alpha value is -1.99. The molecule has 0 fully saturated rings. The Morgan fingerprint density at radius 1 is 1.42 bits per heavy atom. The number of esters is 1. The highest BCUT2D eigenvalue weighted by Gasteiger charge is 2.22. The fraction of sp³-hybridized carbons (Fsp3) is 0.353. The molecule has 0 radical (unpaired) electrons. The number of anilines is 1. The summed E-state index contributed by atoms with van der Waals surface area (Å²) in [7, 11) is 1.39. The Balaban J connectivity index is 2.16. The van der Waals surface area contributed by atoms with Crippen molar-refractivity contribution in [2.24, 2.45) is 0 Å². The second-order valence-electron chi connectivity index (χ2n) is 5.29. The zero-order valence-electron chi connectivity index (χ0n) is 14.2. The molecular weight excluding hydrogens is 342 g/mol. The van der Waals surface area contributed by atoms with Crippen LogP contribution in [-0.4, -0.2) is 23.2 Å². The number of rotatable bonds is 5. The smallest absolute Gasteiger partial charge is 0.341 e. The Labute approximate surface area is 151 Å². The molecule has 2 aromatic heterocycles. The molecule has 1 unspecified atom stereocenters. The standard InChI is InChI=1S/C17H21N3O2S2/c1-5-13-11(3)24-15(14(13)16(21)22-4)20-17(23)19-10(2)12-6-8-18-9-7-12/h6-10H,5H2,1-4H3,(H2,19,20,23). The number of ether oxygens (including phenoxy) is 1. The van der Waals surface area contributed by atoms with Crippen LogP contribution in [0.3, 0.4) is 0 Å². The lowest BCUT2D eigenvalue weighted by molar-refractivity contribution is 0.0601. The lowest BCUT2D eigenvalue weighted by atomic mass is 10.1. The van der Waals surface area contributed by atoms with Crippen molar-refractivity contribution in [3.05, 3.63) is 46.1 Å². The number of hydrogen-bond donors (Lipinski definition) is 2. The van der Waals surface area contributed by atoms with Crippen molar-refractivity contribution in [2.75, 3.05) is 12.4 Å². The number of aryl methyl sites for hydroxylation is 1. The summed E-state index contributed by atoms with van der Waals surface area (Å²) >= 11 is 6.91. The fourth-order valence-corrected chi connectivity index (χ4v) is 3.96. The van der Waals surface area contributed by atoms with E-state index in [-0.39, 0.29) is 12.0 Å². The van der Waals surface area contributed by atoms with Crippen molar-refractivity contribution in [1.82, 2.24) is 10.3 Å². The second-order valence-corrected chi connectivity index (χ2v) is 6.92. The lowest BCUT2D eigenvalue weighted by Crippen LogP contribution is -2.31. The normalized spacial score (nSPS) is 11.7. The number of thiophene rings is 1. The van der Waals surface area contributed by atoms with Gasteiger partial charge < -0.3 is 15.4 Å². The number of thiocarbonyl (C=S) groups is 1. The van der Waals surface area contributed by atoms with Crippen LogP contribution >= 0.6 is 23.6 Å². The van der Waals surface area contributed by atoms with Crippen molar-refractivity contribution in [3.8, 4) is 0 Å². The van der Waals surface area contributed by atoms with Gasteiger partial charge in [0.2, 0.25) is 0 Å². The van der Waals surface area contributed by atoms with E-state index in [1.54, 1.807) is 12.4 Å². The minimum atomic E-state index is -0.344. The largest absolute Gasteiger partial charge is 0.465 e. The zero-order valence-corrected chi connectivity index (χ0v) is 15.8. The maximum atomic E-state index is 12.1.